The summed E-state index contributed by atoms with van der Waals surface area (Å²) >= 11 is 0. The summed E-state index contributed by atoms with van der Waals surface area (Å²) in [6.45, 7) is 0. The van der Waals surface area contributed by atoms with Crippen LogP contribution in [0.4, 0.5) is 8.78 Å². The van der Waals surface area contributed by atoms with E-state index in [0.29, 0.717) is 6.07 Å². The first-order valence-electron chi connectivity index (χ1n) is 5.41. The number of rotatable bonds is 3. The van der Waals surface area contributed by atoms with Crippen molar-refractivity contribution in [1.29, 1.82) is 5.26 Å². The first kappa shape index (κ1) is 12.9. The van der Waals surface area contributed by atoms with Gasteiger partial charge in [0.15, 0.2) is 0 Å². The van der Waals surface area contributed by atoms with E-state index < -0.39 is 23.3 Å². The van der Waals surface area contributed by atoms with Crippen LogP contribution in [0, 0.1) is 23.0 Å². The van der Waals surface area contributed by atoms with E-state index >= 15 is 0 Å². The molecule has 0 fully saturated rings. The average Bonchev–Trinajstić information content (AvgIpc) is 2.79. The van der Waals surface area contributed by atoms with E-state index in [9.17, 15) is 13.6 Å². The lowest BCUT2D eigenvalue weighted by Crippen LogP contribution is -2.14. The highest BCUT2D eigenvalue weighted by Crippen LogP contribution is 2.23. The fourth-order valence-electron chi connectivity index (χ4n) is 1.70. The van der Waals surface area contributed by atoms with Gasteiger partial charge in [-0.2, -0.15) is 10.4 Å². The minimum absolute atomic E-state index is 0.0674. The Hall–Kier alpha value is -2.55. The van der Waals surface area contributed by atoms with Crippen molar-refractivity contribution in [3.05, 3.63) is 53.4 Å². The van der Waals surface area contributed by atoms with Gasteiger partial charge < -0.3 is 0 Å². The van der Waals surface area contributed by atoms with E-state index in [4.69, 9.17) is 5.26 Å². The van der Waals surface area contributed by atoms with Crippen molar-refractivity contribution in [3.8, 4) is 6.07 Å². The number of hydrogen-bond donors (Lipinski definition) is 0. The van der Waals surface area contributed by atoms with E-state index in [1.807, 2.05) is 0 Å². The van der Waals surface area contributed by atoms with Crippen LogP contribution in [0.1, 0.15) is 22.0 Å². The lowest BCUT2D eigenvalue weighted by molar-refractivity contribution is 0.0972. The lowest BCUT2D eigenvalue weighted by atomic mass is 9.94. The normalized spacial score (nSPS) is 11.9. The number of nitrogens with zero attached hydrogens (tertiary/aromatic N) is 3. The van der Waals surface area contributed by atoms with Crippen LogP contribution < -0.4 is 0 Å². The second-order valence-corrected chi connectivity index (χ2v) is 3.97. The maximum atomic E-state index is 13.6. The third-order valence-corrected chi connectivity index (χ3v) is 2.63. The Balaban J connectivity index is 2.40. The summed E-state index contributed by atoms with van der Waals surface area (Å²) in [5.74, 6) is -3.64. The predicted molar refractivity (Wildman–Crippen MR) is 62.3 cm³/mol. The number of carbonyl (C=O) groups is 1. The van der Waals surface area contributed by atoms with E-state index in [0.717, 1.165) is 12.1 Å². The first-order chi connectivity index (χ1) is 9.02. The van der Waals surface area contributed by atoms with Crippen LogP contribution in [0.2, 0.25) is 0 Å². The van der Waals surface area contributed by atoms with Gasteiger partial charge in [-0.1, -0.05) is 6.07 Å². The fraction of sp³-hybridized carbons (Fsp3) is 0.154. The van der Waals surface area contributed by atoms with Gasteiger partial charge in [-0.05, 0) is 12.1 Å². The van der Waals surface area contributed by atoms with Crippen molar-refractivity contribution in [2.45, 2.75) is 5.92 Å². The zero-order valence-corrected chi connectivity index (χ0v) is 9.97. The maximum absolute atomic E-state index is 13.6. The Morgan fingerprint density at radius 1 is 1.42 bits per heavy atom. The molecule has 1 aromatic heterocycles. The molecule has 0 aliphatic heterocycles. The average molecular weight is 261 g/mol. The monoisotopic (exact) mass is 261 g/mol. The summed E-state index contributed by atoms with van der Waals surface area (Å²) in [5, 5.41) is 12.9. The van der Waals surface area contributed by atoms with Crippen LogP contribution in [0.5, 0.6) is 0 Å². The molecule has 0 aliphatic carbocycles. The van der Waals surface area contributed by atoms with Crippen molar-refractivity contribution in [1.82, 2.24) is 9.78 Å². The standard InChI is InChI=1S/C13H9F2N3O/c1-18-5-4-12(17-18)13(19)10(7-16)9-3-2-8(14)6-11(9)15/h2-6,10H,1H3. The Morgan fingerprint density at radius 2 is 2.16 bits per heavy atom. The third-order valence-electron chi connectivity index (χ3n) is 2.63. The highest BCUT2D eigenvalue weighted by atomic mass is 19.1. The Kier molecular flexibility index (Phi) is 3.38. The zero-order valence-electron chi connectivity index (χ0n) is 9.97. The largest absolute Gasteiger partial charge is 0.290 e. The Morgan fingerprint density at radius 3 is 2.68 bits per heavy atom. The maximum Gasteiger partial charge on any atom is 0.204 e. The van der Waals surface area contributed by atoms with E-state index in [1.54, 1.807) is 19.3 Å². The molecule has 96 valence electrons. The number of hydrogen-bond acceptors (Lipinski definition) is 3. The van der Waals surface area contributed by atoms with Gasteiger partial charge in [-0.15, -0.1) is 0 Å². The minimum atomic E-state index is -1.34. The van der Waals surface area contributed by atoms with Gasteiger partial charge in [-0.3, -0.25) is 9.48 Å². The highest BCUT2D eigenvalue weighted by molar-refractivity contribution is 6.01. The quantitative estimate of drug-likeness (QED) is 0.796. The van der Waals surface area contributed by atoms with Gasteiger partial charge in [0.25, 0.3) is 0 Å². The second kappa shape index (κ2) is 4.98. The lowest BCUT2D eigenvalue weighted by Gasteiger charge is -2.08. The molecule has 6 heteroatoms. The molecule has 19 heavy (non-hydrogen) atoms. The van der Waals surface area contributed by atoms with Crippen LogP contribution in [0.15, 0.2) is 30.5 Å². The number of nitriles is 1. The van der Waals surface area contributed by atoms with Gasteiger partial charge in [0.2, 0.25) is 5.78 Å². The predicted octanol–water partition coefficient (Wildman–Crippen LogP) is 2.19. The van der Waals surface area contributed by atoms with Gasteiger partial charge >= 0.3 is 0 Å². The Bertz CT molecular complexity index is 673. The molecule has 0 spiro atoms. The summed E-state index contributed by atoms with van der Waals surface area (Å²) in [4.78, 5) is 12.1. The number of aryl methyl sites for hydroxylation is 1. The molecule has 1 unspecified atom stereocenters. The zero-order chi connectivity index (χ0) is 14.0. The molecule has 1 atom stereocenters. The fourth-order valence-corrected chi connectivity index (χ4v) is 1.70. The summed E-state index contributed by atoms with van der Waals surface area (Å²) in [7, 11) is 1.62. The van der Waals surface area contributed by atoms with Crippen LogP contribution >= 0.6 is 0 Å². The Labute approximate surface area is 107 Å². The first-order valence-corrected chi connectivity index (χ1v) is 5.41. The van der Waals surface area contributed by atoms with E-state index in [1.165, 1.54) is 10.7 Å². The third kappa shape index (κ3) is 2.50. The number of halogens is 2. The number of ketones is 1. The van der Waals surface area contributed by atoms with Crippen molar-refractivity contribution in [3.63, 3.8) is 0 Å². The summed E-state index contributed by atoms with van der Waals surface area (Å²) in [5.41, 5.74) is -0.0858. The number of carbonyl (C=O) groups excluding carboxylic acids is 1. The molecule has 1 aromatic carbocycles. The second-order valence-electron chi connectivity index (χ2n) is 3.97. The highest BCUT2D eigenvalue weighted by Gasteiger charge is 2.26. The van der Waals surface area contributed by atoms with Gasteiger partial charge in [0.1, 0.15) is 23.2 Å². The topological polar surface area (TPSA) is 58.7 Å². The molecule has 0 saturated carbocycles. The van der Waals surface area contributed by atoms with Crippen molar-refractivity contribution in [2.24, 2.45) is 7.05 Å². The SMILES string of the molecule is Cn1ccc(C(=O)C(C#N)c2ccc(F)cc2F)n1. The number of Topliss-reactive ketones (excluding diaryl/α,β-unsaturated/α-hetero) is 1. The van der Waals surface area contributed by atoms with E-state index in [2.05, 4.69) is 5.10 Å². The molecule has 0 N–H and O–H groups in total. The molecular weight excluding hydrogens is 252 g/mol. The number of benzene rings is 1. The molecule has 1 heterocycles. The summed E-state index contributed by atoms with van der Waals surface area (Å²) in [6, 6.07) is 5.91. The molecule has 0 radical (unpaired) electrons. The van der Waals surface area contributed by atoms with Crippen LogP contribution in [0.25, 0.3) is 0 Å². The molecule has 0 amide bonds. The molecule has 2 aromatic rings. The molecule has 0 bridgehead atoms. The summed E-state index contributed by atoms with van der Waals surface area (Å²) in [6.07, 6.45) is 1.54. The van der Waals surface area contributed by atoms with Gasteiger partial charge in [0.05, 0.1) is 6.07 Å². The van der Waals surface area contributed by atoms with E-state index in [-0.39, 0.29) is 11.3 Å². The molecule has 0 aliphatic rings. The smallest absolute Gasteiger partial charge is 0.204 e. The van der Waals surface area contributed by atoms with Crippen molar-refractivity contribution < 1.29 is 13.6 Å². The summed E-state index contributed by atoms with van der Waals surface area (Å²) < 4.78 is 27.8. The van der Waals surface area contributed by atoms with Crippen molar-refractivity contribution >= 4 is 5.78 Å². The van der Waals surface area contributed by atoms with Crippen LogP contribution in [0.3, 0.4) is 0 Å². The van der Waals surface area contributed by atoms with Gasteiger partial charge in [0, 0.05) is 24.9 Å². The molecule has 2 rings (SSSR count). The molecule has 4 nitrogen and oxygen atoms in total. The van der Waals surface area contributed by atoms with Crippen molar-refractivity contribution in [2.75, 3.05) is 0 Å². The molecule has 0 saturated heterocycles. The number of aromatic nitrogens is 2. The van der Waals surface area contributed by atoms with Gasteiger partial charge in [-0.25, -0.2) is 8.78 Å². The van der Waals surface area contributed by atoms with Crippen LogP contribution in [-0.2, 0) is 7.05 Å². The molecular formula is C13H9F2N3O. The minimum Gasteiger partial charge on any atom is -0.290 e. The van der Waals surface area contributed by atoms with Crippen LogP contribution in [-0.4, -0.2) is 15.6 Å².